The summed E-state index contributed by atoms with van der Waals surface area (Å²) in [6, 6.07) is 4.65. The zero-order valence-corrected chi connectivity index (χ0v) is 12.4. The molecule has 1 aromatic heterocycles. The van der Waals surface area contributed by atoms with Crippen LogP contribution in [0, 0.1) is 12.8 Å². The maximum atomic E-state index is 5.93. The molecule has 1 saturated heterocycles. The lowest BCUT2D eigenvalue weighted by Crippen LogP contribution is -2.44. The lowest BCUT2D eigenvalue weighted by Gasteiger charge is -2.27. The van der Waals surface area contributed by atoms with Crippen LogP contribution in [0.15, 0.2) is 18.3 Å². The highest BCUT2D eigenvalue weighted by Gasteiger charge is 2.31. The van der Waals surface area contributed by atoms with Gasteiger partial charge in [-0.05, 0) is 43.9 Å². The van der Waals surface area contributed by atoms with E-state index in [4.69, 9.17) is 4.74 Å². The number of pyridine rings is 1. The van der Waals surface area contributed by atoms with Crippen molar-refractivity contribution < 1.29 is 4.74 Å². The second kappa shape index (κ2) is 7.01. The van der Waals surface area contributed by atoms with Gasteiger partial charge in [0.05, 0.1) is 6.10 Å². The molecule has 3 nitrogen and oxygen atoms in total. The molecule has 0 aromatic carbocycles. The van der Waals surface area contributed by atoms with E-state index in [1.165, 1.54) is 12.0 Å². The second-order valence-corrected chi connectivity index (χ2v) is 5.69. The van der Waals surface area contributed by atoms with Crippen LogP contribution in [0.3, 0.4) is 0 Å². The third-order valence-corrected chi connectivity index (χ3v) is 3.90. The maximum Gasteiger partial charge on any atom is 0.0758 e. The Hall–Kier alpha value is -0.930. The molecule has 106 valence electrons. The molecular formula is C16H26N2O. The first-order valence-electron chi connectivity index (χ1n) is 7.47. The average Bonchev–Trinajstić information content (AvgIpc) is 2.83. The van der Waals surface area contributed by atoms with E-state index in [1.807, 2.05) is 6.20 Å². The number of nitrogens with zero attached hydrogens (tertiary/aromatic N) is 1. The molecule has 1 N–H and O–H groups in total. The molecule has 2 rings (SSSR count). The van der Waals surface area contributed by atoms with Gasteiger partial charge in [-0.25, -0.2) is 0 Å². The van der Waals surface area contributed by atoms with E-state index in [9.17, 15) is 0 Å². The van der Waals surface area contributed by atoms with Gasteiger partial charge in [-0.15, -0.1) is 0 Å². The molecule has 0 bridgehead atoms. The number of hydrogen-bond donors (Lipinski definition) is 1. The number of aryl methyl sites for hydroxylation is 1. The van der Waals surface area contributed by atoms with Crippen LogP contribution in [0.25, 0.3) is 0 Å². The van der Waals surface area contributed by atoms with E-state index in [0.29, 0.717) is 18.1 Å². The normalized spacial score (nSPS) is 24.6. The smallest absolute Gasteiger partial charge is 0.0758 e. The van der Waals surface area contributed by atoms with Gasteiger partial charge < -0.3 is 10.1 Å². The first-order valence-corrected chi connectivity index (χ1v) is 7.47. The minimum atomic E-state index is 0.328. The van der Waals surface area contributed by atoms with Crippen molar-refractivity contribution in [2.75, 3.05) is 13.2 Å². The fourth-order valence-electron chi connectivity index (χ4n) is 2.71. The third-order valence-electron chi connectivity index (χ3n) is 3.90. The molecule has 1 aliphatic heterocycles. The fourth-order valence-corrected chi connectivity index (χ4v) is 2.71. The lowest BCUT2D eigenvalue weighted by atomic mass is 9.94. The molecule has 0 saturated carbocycles. The molecule has 19 heavy (non-hydrogen) atoms. The van der Waals surface area contributed by atoms with Crippen molar-refractivity contribution in [2.45, 2.75) is 52.2 Å². The van der Waals surface area contributed by atoms with Gasteiger partial charge in [-0.1, -0.05) is 19.9 Å². The molecule has 3 unspecified atom stereocenters. The minimum absolute atomic E-state index is 0.328. The Morgan fingerprint density at radius 3 is 2.89 bits per heavy atom. The van der Waals surface area contributed by atoms with Gasteiger partial charge in [-0.3, -0.25) is 4.98 Å². The predicted octanol–water partition coefficient (Wildman–Crippen LogP) is 2.73. The average molecular weight is 262 g/mol. The molecule has 0 amide bonds. The summed E-state index contributed by atoms with van der Waals surface area (Å²) in [5.41, 5.74) is 2.37. The van der Waals surface area contributed by atoms with E-state index in [0.717, 1.165) is 31.7 Å². The highest BCUT2D eigenvalue weighted by molar-refractivity contribution is 5.13. The molecule has 0 aliphatic carbocycles. The van der Waals surface area contributed by atoms with Crippen molar-refractivity contribution in [3.05, 3.63) is 29.6 Å². The molecule has 0 spiro atoms. The Labute approximate surface area is 116 Å². The summed E-state index contributed by atoms with van der Waals surface area (Å²) in [4.78, 5) is 4.53. The zero-order chi connectivity index (χ0) is 13.7. The summed E-state index contributed by atoms with van der Waals surface area (Å²) >= 11 is 0. The van der Waals surface area contributed by atoms with Crippen LogP contribution in [-0.4, -0.2) is 30.3 Å². The van der Waals surface area contributed by atoms with Gasteiger partial charge in [0.25, 0.3) is 0 Å². The Balaban J connectivity index is 2.02. The standard InChI is InChI=1S/C16H26N2O/c1-4-8-17-15(16-13(3)7-9-19-16)10-14-6-5-12(2)11-18-14/h5-6,11,13,15-17H,4,7-10H2,1-3H3. The highest BCUT2D eigenvalue weighted by atomic mass is 16.5. The predicted molar refractivity (Wildman–Crippen MR) is 78.3 cm³/mol. The summed E-state index contributed by atoms with van der Waals surface area (Å²) in [6.07, 6.45) is 5.56. The van der Waals surface area contributed by atoms with Gasteiger partial charge in [0, 0.05) is 31.0 Å². The number of aromatic nitrogens is 1. The van der Waals surface area contributed by atoms with Gasteiger partial charge >= 0.3 is 0 Å². The summed E-state index contributed by atoms with van der Waals surface area (Å²) in [5, 5.41) is 3.64. The van der Waals surface area contributed by atoms with Crippen LogP contribution in [0.1, 0.15) is 37.9 Å². The van der Waals surface area contributed by atoms with Gasteiger partial charge in [-0.2, -0.15) is 0 Å². The highest BCUT2D eigenvalue weighted by Crippen LogP contribution is 2.24. The molecule has 2 heterocycles. The van der Waals surface area contributed by atoms with Crippen LogP contribution in [-0.2, 0) is 11.2 Å². The van der Waals surface area contributed by atoms with Crippen LogP contribution >= 0.6 is 0 Å². The van der Waals surface area contributed by atoms with Crippen LogP contribution in [0.2, 0.25) is 0 Å². The molecule has 1 aromatic rings. The van der Waals surface area contributed by atoms with E-state index >= 15 is 0 Å². The quantitative estimate of drug-likeness (QED) is 0.856. The summed E-state index contributed by atoms with van der Waals surface area (Å²) in [5.74, 6) is 0.639. The largest absolute Gasteiger partial charge is 0.376 e. The minimum Gasteiger partial charge on any atom is -0.376 e. The fraction of sp³-hybridized carbons (Fsp3) is 0.688. The van der Waals surface area contributed by atoms with Crippen molar-refractivity contribution in [1.29, 1.82) is 0 Å². The van der Waals surface area contributed by atoms with Crippen LogP contribution < -0.4 is 5.32 Å². The zero-order valence-electron chi connectivity index (χ0n) is 12.4. The van der Waals surface area contributed by atoms with Crippen molar-refractivity contribution >= 4 is 0 Å². The van der Waals surface area contributed by atoms with Crippen molar-refractivity contribution in [3.8, 4) is 0 Å². The van der Waals surface area contributed by atoms with Gasteiger partial charge in [0.1, 0.15) is 0 Å². The topological polar surface area (TPSA) is 34.2 Å². The summed E-state index contributed by atoms with van der Waals surface area (Å²) in [7, 11) is 0. The second-order valence-electron chi connectivity index (χ2n) is 5.69. The van der Waals surface area contributed by atoms with Crippen molar-refractivity contribution in [3.63, 3.8) is 0 Å². The van der Waals surface area contributed by atoms with E-state index in [2.05, 4.69) is 43.2 Å². The molecule has 1 fully saturated rings. The first kappa shape index (κ1) is 14.5. The molecule has 1 aliphatic rings. The number of ether oxygens (including phenoxy) is 1. The molecular weight excluding hydrogens is 236 g/mol. The molecule has 3 heteroatoms. The molecule has 3 atom stereocenters. The summed E-state index contributed by atoms with van der Waals surface area (Å²) < 4.78 is 5.93. The third kappa shape index (κ3) is 4.02. The Kier molecular flexibility index (Phi) is 5.34. The van der Waals surface area contributed by atoms with E-state index < -0.39 is 0 Å². The summed E-state index contributed by atoms with van der Waals surface area (Å²) in [6.45, 7) is 8.51. The lowest BCUT2D eigenvalue weighted by molar-refractivity contribution is 0.0607. The van der Waals surface area contributed by atoms with E-state index in [-0.39, 0.29) is 0 Å². The van der Waals surface area contributed by atoms with Crippen molar-refractivity contribution in [2.24, 2.45) is 5.92 Å². The molecule has 0 radical (unpaired) electrons. The van der Waals surface area contributed by atoms with Gasteiger partial charge in [0.15, 0.2) is 0 Å². The number of rotatable bonds is 6. The first-order chi connectivity index (χ1) is 9.20. The Morgan fingerprint density at radius 2 is 2.32 bits per heavy atom. The number of nitrogens with one attached hydrogen (secondary N) is 1. The maximum absolute atomic E-state index is 5.93. The van der Waals surface area contributed by atoms with Crippen LogP contribution in [0.4, 0.5) is 0 Å². The monoisotopic (exact) mass is 262 g/mol. The Bertz CT molecular complexity index is 377. The van der Waals surface area contributed by atoms with Crippen molar-refractivity contribution in [1.82, 2.24) is 10.3 Å². The van der Waals surface area contributed by atoms with Gasteiger partial charge in [0.2, 0.25) is 0 Å². The number of hydrogen-bond acceptors (Lipinski definition) is 3. The van der Waals surface area contributed by atoms with Crippen LogP contribution in [0.5, 0.6) is 0 Å². The SMILES string of the molecule is CCCNC(Cc1ccc(C)cn1)C1OCCC1C. The Morgan fingerprint density at radius 1 is 1.47 bits per heavy atom. The van der Waals surface area contributed by atoms with E-state index in [1.54, 1.807) is 0 Å².